The minimum Gasteiger partial charge on any atom is -0.491 e. The average molecular weight is 432 g/mol. The molecule has 0 fully saturated rings. The van der Waals surface area contributed by atoms with Crippen LogP contribution in [0.2, 0.25) is 0 Å². The Hall–Kier alpha value is -3.08. The number of imidazole rings is 1. The topological polar surface area (TPSA) is 48.7 Å². The van der Waals surface area contributed by atoms with Crippen molar-refractivity contribution in [3.63, 3.8) is 0 Å². The zero-order valence-electron chi connectivity index (χ0n) is 20.1. The molecule has 0 saturated carbocycles. The summed E-state index contributed by atoms with van der Waals surface area (Å²) in [5, 5.41) is 0. The number of hydrogen-bond acceptors (Lipinski definition) is 4. The van der Waals surface area contributed by atoms with E-state index in [1.54, 1.807) is 0 Å². The maximum Gasteiger partial charge on any atom is 0.213 e. The zero-order valence-corrected chi connectivity index (χ0v) is 20.1. The summed E-state index contributed by atoms with van der Waals surface area (Å²) in [5.41, 5.74) is 5.22. The van der Waals surface area contributed by atoms with Crippen LogP contribution in [0.4, 0.5) is 0 Å². The number of ether oxygens (including phenoxy) is 2. The van der Waals surface area contributed by atoms with Crippen LogP contribution in [-0.4, -0.2) is 26.1 Å². The molecule has 2 unspecified atom stereocenters. The number of aryl methyl sites for hydroxylation is 1. The summed E-state index contributed by atoms with van der Waals surface area (Å²) in [6.07, 6.45) is 12.7. The molecule has 0 bridgehead atoms. The van der Waals surface area contributed by atoms with Crippen molar-refractivity contribution in [3.8, 4) is 17.1 Å². The number of rotatable bonds is 5. The molecule has 3 aromatic rings. The minimum absolute atomic E-state index is 0.176. The summed E-state index contributed by atoms with van der Waals surface area (Å²) in [5.74, 6) is 2.20. The molecule has 2 atom stereocenters. The quantitative estimate of drug-likeness (QED) is 0.464. The third-order valence-corrected chi connectivity index (χ3v) is 5.53. The molecule has 0 radical (unpaired) electrons. The molecule has 0 N–H and O–H groups in total. The Morgan fingerprint density at radius 1 is 1.09 bits per heavy atom. The Morgan fingerprint density at radius 3 is 2.50 bits per heavy atom. The van der Waals surface area contributed by atoms with Gasteiger partial charge in [0, 0.05) is 29.9 Å². The van der Waals surface area contributed by atoms with Crippen molar-refractivity contribution in [2.24, 2.45) is 5.92 Å². The molecule has 1 aliphatic rings. The second kappa shape index (κ2) is 8.45. The van der Waals surface area contributed by atoms with Gasteiger partial charge in [0.1, 0.15) is 17.0 Å². The molecule has 0 saturated heterocycles. The monoisotopic (exact) mass is 431 g/mol. The lowest BCUT2D eigenvalue weighted by Crippen LogP contribution is -2.23. The second-order valence-corrected chi connectivity index (χ2v) is 9.86. The van der Waals surface area contributed by atoms with Gasteiger partial charge in [0.2, 0.25) is 5.88 Å². The first-order chi connectivity index (χ1) is 15.1. The van der Waals surface area contributed by atoms with Gasteiger partial charge in [-0.2, -0.15) is 0 Å². The van der Waals surface area contributed by atoms with Gasteiger partial charge in [0.15, 0.2) is 0 Å². The number of pyridine rings is 2. The lowest BCUT2D eigenvalue weighted by molar-refractivity contribution is 0.124. The van der Waals surface area contributed by atoms with Crippen LogP contribution in [0.3, 0.4) is 0 Å². The third kappa shape index (κ3) is 4.72. The Balaban J connectivity index is 1.66. The number of fused-ring (bicyclic) bond motifs is 1. The predicted octanol–water partition coefficient (Wildman–Crippen LogP) is 6.48. The summed E-state index contributed by atoms with van der Waals surface area (Å²) in [6.45, 7) is 14.6. The SMILES string of the molecule is Cc1cc2ncc(-c3ccc(OC(C)(C)C)nc3)n2cc1C1C=CC(OC(C)C)=CC1C. The molecule has 5 heteroatoms. The number of aromatic nitrogens is 3. The van der Waals surface area contributed by atoms with Crippen LogP contribution in [-0.2, 0) is 4.74 Å². The summed E-state index contributed by atoms with van der Waals surface area (Å²) >= 11 is 0. The second-order valence-electron chi connectivity index (χ2n) is 9.86. The van der Waals surface area contributed by atoms with Gasteiger partial charge in [-0.15, -0.1) is 0 Å². The fraction of sp³-hybridized carbons (Fsp3) is 0.407. The zero-order chi connectivity index (χ0) is 23.0. The molecule has 5 nitrogen and oxygen atoms in total. The van der Waals surface area contributed by atoms with Gasteiger partial charge >= 0.3 is 0 Å². The van der Waals surface area contributed by atoms with Crippen molar-refractivity contribution < 1.29 is 9.47 Å². The fourth-order valence-electron chi connectivity index (χ4n) is 4.13. The van der Waals surface area contributed by atoms with Crippen LogP contribution < -0.4 is 4.74 Å². The lowest BCUT2D eigenvalue weighted by atomic mass is 9.82. The van der Waals surface area contributed by atoms with Crippen LogP contribution in [0.25, 0.3) is 16.9 Å². The van der Waals surface area contributed by atoms with Gasteiger partial charge in [-0.3, -0.25) is 4.40 Å². The molecule has 0 spiro atoms. The maximum absolute atomic E-state index is 5.89. The van der Waals surface area contributed by atoms with Gasteiger partial charge in [0.05, 0.1) is 18.0 Å². The maximum atomic E-state index is 5.89. The molecule has 0 aliphatic heterocycles. The van der Waals surface area contributed by atoms with Crippen LogP contribution >= 0.6 is 0 Å². The van der Waals surface area contributed by atoms with E-state index in [0.29, 0.717) is 11.8 Å². The molecule has 32 heavy (non-hydrogen) atoms. The summed E-state index contributed by atoms with van der Waals surface area (Å²) in [4.78, 5) is 9.15. The molecule has 1 aliphatic carbocycles. The highest BCUT2D eigenvalue weighted by Crippen LogP contribution is 2.35. The number of nitrogens with zero attached hydrogens (tertiary/aromatic N) is 3. The van der Waals surface area contributed by atoms with E-state index < -0.39 is 0 Å². The molecular formula is C27H33N3O2. The third-order valence-electron chi connectivity index (χ3n) is 5.53. The van der Waals surface area contributed by atoms with E-state index in [0.717, 1.165) is 22.7 Å². The largest absolute Gasteiger partial charge is 0.491 e. The fourth-order valence-corrected chi connectivity index (χ4v) is 4.13. The van der Waals surface area contributed by atoms with E-state index in [9.17, 15) is 0 Å². The van der Waals surface area contributed by atoms with Gasteiger partial charge in [0.25, 0.3) is 0 Å². The molecule has 3 heterocycles. The first kappa shape index (κ1) is 22.1. The van der Waals surface area contributed by atoms with E-state index in [4.69, 9.17) is 9.47 Å². The highest BCUT2D eigenvalue weighted by atomic mass is 16.5. The van der Waals surface area contributed by atoms with Gasteiger partial charge in [-0.1, -0.05) is 13.0 Å². The molecule has 0 amide bonds. The van der Waals surface area contributed by atoms with Crippen LogP contribution in [0.5, 0.6) is 5.88 Å². The van der Waals surface area contributed by atoms with Crippen molar-refractivity contribution in [2.45, 2.75) is 66.1 Å². The van der Waals surface area contributed by atoms with Crippen molar-refractivity contribution in [2.75, 3.05) is 0 Å². The van der Waals surface area contributed by atoms with E-state index in [1.165, 1.54) is 11.1 Å². The minimum atomic E-state index is -0.275. The van der Waals surface area contributed by atoms with Gasteiger partial charge < -0.3 is 9.47 Å². The number of hydrogen-bond donors (Lipinski definition) is 0. The number of allylic oxidation sites excluding steroid dienone is 3. The van der Waals surface area contributed by atoms with E-state index in [-0.39, 0.29) is 17.6 Å². The normalized spacial score (nSPS) is 18.8. The highest BCUT2D eigenvalue weighted by molar-refractivity contribution is 5.64. The lowest BCUT2D eigenvalue weighted by Gasteiger charge is -2.26. The molecule has 3 aromatic heterocycles. The Labute approximate surface area is 190 Å². The van der Waals surface area contributed by atoms with Gasteiger partial charge in [-0.25, -0.2) is 9.97 Å². The summed E-state index contributed by atoms with van der Waals surface area (Å²) in [7, 11) is 0. The molecular weight excluding hydrogens is 398 g/mol. The molecule has 0 aromatic carbocycles. The van der Waals surface area contributed by atoms with Crippen LogP contribution in [0.1, 0.15) is 58.6 Å². The van der Waals surface area contributed by atoms with Crippen molar-refractivity contribution in [3.05, 3.63) is 71.9 Å². The van der Waals surface area contributed by atoms with E-state index in [2.05, 4.69) is 72.6 Å². The van der Waals surface area contributed by atoms with Crippen molar-refractivity contribution in [1.82, 2.24) is 14.4 Å². The van der Waals surface area contributed by atoms with Crippen LogP contribution in [0.15, 0.2) is 60.8 Å². The van der Waals surface area contributed by atoms with Crippen LogP contribution in [0, 0.1) is 12.8 Å². The van der Waals surface area contributed by atoms with E-state index in [1.807, 2.05) is 45.3 Å². The Bertz CT molecular complexity index is 1160. The average Bonchev–Trinajstić information content (AvgIpc) is 3.09. The summed E-state index contributed by atoms with van der Waals surface area (Å²) in [6, 6.07) is 6.12. The van der Waals surface area contributed by atoms with Crippen molar-refractivity contribution in [1.29, 1.82) is 0 Å². The Kier molecular flexibility index (Phi) is 5.85. The first-order valence-electron chi connectivity index (χ1n) is 11.3. The standard InChI is InChI=1S/C27H33N3O2/c1-17(2)31-21-9-10-22(18(3)12-21)23-16-30-24(15-28-25(30)13-19(23)4)20-8-11-26(29-14-20)32-27(5,6)7/h8-18,22H,1-7H3. The molecule has 168 valence electrons. The Morgan fingerprint density at radius 2 is 1.88 bits per heavy atom. The van der Waals surface area contributed by atoms with E-state index >= 15 is 0 Å². The summed E-state index contributed by atoms with van der Waals surface area (Å²) < 4.78 is 13.9. The molecule has 4 rings (SSSR count). The van der Waals surface area contributed by atoms with Gasteiger partial charge in [-0.05, 0) is 82.9 Å². The highest BCUT2D eigenvalue weighted by Gasteiger charge is 2.23. The van der Waals surface area contributed by atoms with Crippen molar-refractivity contribution >= 4 is 5.65 Å². The smallest absolute Gasteiger partial charge is 0.213 e. The predicted molar refractivity (Wildman–Crippen MR) is 129 cm³/mol. The first-order valence-corrected chi connectivity index (χ1v) is 11.3.